The molecule has 2 aromatic carbocycles. The van der Waals surface area contributed by atoms with Gasteiger partial charge in [0.05, 0.1) is 17.3 Å². The van der Waals surface area contributed by atoms with Crippen molar-refractivity contribution in [2.75, 3.05) is 39.2 Å². The third kappa shape index (κ3) is 4.39. The summed E-state index contributed by atoms with van der Waals surface area (Å²) in [6.07, 6.45) is 0. The third-order valence-corrected chi connectivity index (χ3v) is 6.30. The average Bonchev–Trinajstić information content (AvgIpc) is 3.35. The molecule has 2 heterocycles. The lowest BCUT2D eigenvalue weighted by Gasteiger charge is -2.20. The van der Waals surface area contributed by atoms with Gasteiger partial charge in [-0.05, 0) is 57.3 Å². The van der Waals surface area contributed by atoms with Crippen molar-refractivity contribution in [3.8, 4) is 5.75 Å². The zero-order valence-electron chi connectivity index (χ0n) is 18.3. The highest BCUT2D eigenvalue weighted by Gasteiger charge is 2.25. The van der Waals surface area contributed by atoms with E-state index < -0.39 is 0 Å². The number of aromatic nitrogens is 1. The molecular weight excluding hydrogens is 434 g/mol. The van der Waals surface area contributed by atoms with Gasteiger partial charge in [-0.1, -0.05) is 29.5 Å². The number of aryl methyl sites for hydroxylation is 2. The van der Waals surface area contributed by atoms with E-state index in [4.69, 9.17) is 14.1 Å². The van der Waals surface area contributed by atoms with Crippen molar-refractivity contribution in [1.29, 1.82) is 0 Å². The molecule has 164 valence electrons. The number of thiazole rings is 1. The summed E-state index contributed by atoms with van der Waals surface area (Å²) in [5.41, 5.74) is 3.86. The number of carbonyl (C=O) groups excluding carboxylic acids is 1. The van der Waals surface area contributed by atoms with Gasteiger partial charge in [0.15, 0.2) is 22.2 Å². The van der Waals surface area contributed by atoms with Crippen LogP contribution in [0.25, 0.3) is 21.2 Å². The highest BCUT2D eigenvalue weighted by Crippen LogP contribution is 2.34. The van der Waals surface area contributed by atoms with Crippen LogP contribution in [0.1, 0.15) is 21.7 Å². The van der Waals surface area contributed by atoms with Crippen LogP contribution < -0.4 is 9.64 Å². The van der Waals surface area contributed by atoms with E-state index in [1.165, 1.54) is 16.9 Å². The number of anilines is 1. The summed E-state index contributed by atoms with van der Waals surface area (Å²) >= 11 is 1.53. The summed E-state index contributed by atoms with van der Waals surface area (Å²) in [7, 11) is 5.56. The Morgan fingerprint density at radius 3 is 2.65 bits per heavy atom. The lowest BCUT2D eigenvalue weighted by molar-refractivity contribution is 0.0960. The van der Waals surface area contributed by atoms with Gasteiger partial charge in [-0.3, -0.25) is 9.69 Å². The maximum absolute atomic E-state index is 13.5. The summed E-state index contributed by atoms with van der Waals surface area (Å²) in [5, 5.41) is 1.51. The first-order valence-electron chi connectivity index (χ1n) is 9.79. The maximum Gasteiger partial charge on any atom is 0.295 e. The van der Waals surface area contributed by atoms with Crippen molar-refractivity contribution >= 4 is 56.0 Å². The molecule has 0 unspecified atom stereocenters. The Labute approximate surface area is 191 Å². The molecule has 0 aliphatic rings. The van der Waals surface area contributed by atoms with E-state index in [2.05, 4.69) is 26.0 Å². The molecule has 0 fully saturated rings. The van der Waals surface area contributed by atoms with Gasteiger partial charge >= 0.3 is 0 Å². The average molecular weight is 460 g/mol. The summed E-state index contributed by atoms with van der Waals surface area (Å²) in [4.78, 5) is 22.1. The molecular formula is C23H26ClN3O3S. The minimum atomic E-state index is -0.205. The number of nitrogens with zero attached hydrogens (tertiary/aromatic N) is 3. The quantitative estimate of drug-likeness (QED) is 0.391. The Morgan fingerprint density at radius 1 is 1.16 bits per heavy atom. The fraction of sp³-hybridized carbons (Fsp3) is 0.304. The van der Waals surface area contributed by atoms with Crippen LogP contribution in [0.4, 0.5) is 5.13 Å². The second-order valence-corrected chi connectivity index (χ2v) is 8.61. The van der Waals surface area contributed by atoms with E-state index >= 15 is 0 Å². The van der Waals surface area contributed by atoms with Crippen molar-refractivity contribution in [2.45, 2.75) is 13.8 Å². The zero-order valence-corrected chi connectivity index (χ0v) is 19.9. The Morgan fingerprint density at radius 2 is 1.94 bits per heavy atom. The van der Waals surface area contributed by atoms with Gasteiger partial charge in [0.25, 0.3) is 5.91 Å². The van der Waals surface area contributed by atoms with E-state index in [1.807, 2.05) is 37.2 Å². The van der Waals surface area contributed by atoms with Crippen LogP contribution in [0.15, 0.2) is 40.8 Å². The normalized spacial score (nSPS) is 11.2. The second-order valence-electron chi connectivity index (χ2n) is 7.60. The fourth-order valence-electron chi connectivity index (χ4n) is 3.35. The lowest BCUT2D eigenvalue weighted by Crippen LogP contribution is -2.36. The Kier molecular flexibility index (Phi) is 6.89. The molecule has 4 rings (SSSR count). The summed E-state index contributed by atoms with van der Waals surface area (Å²) in [5.74, 6) is 0.682. The number of para-hydroxylation sites is 1. The van der Waals surface area contributed by atoms with E-state index in [1.54, 1.807) is 18.1 Å². The first kappa shape index (κ1) is 23.1. The van der Waals surface area contributed by atoms with Crippen molar-refractivity contribution in [1.82, 2.24) is 9.88 Å². The molecule has 4 aromatic rings. The van der Waals surface area contributed by atoms with Crippen LogP contribution in [0.3, 0.4) is 0 Å². The smallest absolute Gasteiger partial charge is 0.295 e. The molecule has 31 heavy (non-hydrogen) atoms. The molecule has 0 radical (unpaired) electrons. The number of carbonyl (C=O) groups is 1. The van der Waals surface area contributed by atoms with Crippen LogP contribution in [-0.4, -0.2) is 50.1 Å². The van der Waals surface area contributed by atoms with Gasteiger partial charge in [-0.15, -0.1) is 12.4 Å². The minimum absolute atomic E-state index is 0. The second kappa shape index (κ2) is 9.26. The van der Waals surface area contributed by atoms with Crippen molar-refractivity contribution in [3.05, 3.63) is 53.3 Å². The molecule has 0 spiro atoms. The highest BCUT2D eigenvalue weighted by atomic mass is 35.5. The van der Waals surface area contributed by atoms with Gasteiger partial charge in [-0.2, -0.15) is 0 Å². The fourth-order valence-corrected chi connectivity index (χ4v) is 4.40. The molecule has 8 heteroatoms. The van der Waals surface area contributed by atoms with E-state index in [-0.39, 0.29) is 24.1 Å². The first-order chi connectivity index (χ1) is 14.4. The number of hydrogen-bond donors (Lipinski definition) is 0. The van der Waals surface area contributed by atoms with E-state index in [0.717, 1.165) is 21.2 Å². The first-order valence-corrected chi connectivity index (χ1v) is 10.6. The van der Waals surface area contributed by atoms with Gasteiger partial charge in [-0.25, -0.2) is 4.98 Å². The molecule has 6 nitrogen and oxygen atoms in total. The van der Waals surface area contributed by atoms with Crippen LogP contribution in [0.2, 0.25) is 0 Å². The van der Waals surface area contributed by atoms with Gasteiger partial charge in [0.1, 0.15) is 0 Å². The number of methoxy groups -OCH3 is 1. The van der Waals surface area contributed by atoms with Crippen LogP contribution in [-0.2, 0) is 0 Å². The van der Waals surface area contributed by atoms with Crippen LogP contribution in [0, 0.1) is 13.8 Å². The van der Waals surface area contributed by atoms with E-state index in [0.29, 0.717) is 29.6 Å². The van der Waals surface area contributed by atoms with Gasteiger partial charge in [0.2, 0.25) is 0 Å². The van der Waals surface area contributed by atoms with Gasteiger partial charge < -0.3 is 14.1 Å². The number of hydrogen-bond acceptors (Lipinski definition) is 6. The van der Waals surface area contributed by atoms with Crippen LogP contribution >= 0.6 is 23.7 Å². The number of fused-ring (bicyclic) bond motifs is 2. The lowest BCUT2D eigenvalue weighted by atomic mass is 10.1. The molecule has 0 aliphatic heterocycles. The van der Waals surface area contributed by atoms with E-state index in [9.17, 15) is 4.79 Å². The molecule has 0 atom stereocenters. The molecule has 0 saturated heterocycles. The topological polar surface area (TPSA) is 58.8 Å². The predicted molar refractivity (Wildman–Crippen MR) is 129 cm³/mol. The SMILES string of the molecule is COc1cccc2cc(C(=O)N(CCN(C)C)c3nc4c(C)c(C)ccc4s3)oc12.Cl. The summed E-state index contributed by atoms with van der Waals surface area (Å²) in [6.45, 7) is 5.37. The van der Waals surface area contributed by atoms with Gasteiger partial charge in [0, 0.05) is 18.5 Å². The highest BCUT2D eigenvalue weighted by molar-refractivity contribution is 7.22. The standard InChI is InChI=1S/C23H25N3O3S.ClH/c1-14-9-10-19-20(15(14)2)24-23(30-19)26(12-11-25(3)4)22(27)18-13-16-7-6-8-17(28-5)21(16)29-18;/h6-10,13H,11-12H2,1-5H3;1H. The number of halogens is 1. The van der Waals surface area contributed by atoms with Crippen molar-refractivity contribution < 1.29 is 13.9 Å². The third-order valence-electron chi connectivity index (χ3n) is 5.26. The largest absolute Gasteiger partial charge is 0.493 e. The molecule has 2 aromatic heterocycles. The molecule has 0 N–H and O–H groups in total. The summed E-state index contributed by atoms with van der Waals surface area (Å²) < 4.78 is 12.4. The number of amides is 1. The maximum atomic E-state index is 13.5. The summed E-state index contributed by atoms with van der Waals surface area (Å²) in [6, 6.07) is 11.5. The number of likely N-dealkylation sites (N-methyl/N-ethyl adjacent to an activating group) is 1. The molecule has 0 bridgehead atoms. The molecule has 1 amide bonds. The Bertz CT molecular complexity index is 1230. The molecule has 0 saturated carbocycles. The molecule has 0 aliphatic carbocycles. The Balaban J connectivity index is 0.00000272. The Hall–Kier alpha value is -2.61. The van der Waals surface area contributed by atoms with Crippen molar-refractivity contribution in [2.24, 2.45) is 0 Å². The van der Waals surface area contributed by atoms with Crippen LogP contribution in [0.5, 0.6) is 5.75 Å². The zero-order chi connectivity index (χ0) is 21.4. The monoisotopic (exact) mass is 459 g/mol. The number of benzene rings is 2. The predicted octanol–water partition coefficient (Wildman–Crippen LogP) is 5.30. The number of rotatable bonds is 6. The van der Waals surface area contributed by atoms with Crippen molar-refractivity contribution in [3.63, 3.8) is 0 Å². The number of furan rings is 1. The minimum Gasteiger partial charge on any atom is -0.493 e. The number of ether oxygens (including phenoxy) is 1.